The Bertz CT molecular complexity index is 807. The summed E-state index contributed by atoms with van der Waals surface area (Å²) in [7, 11) is 0. The Morgan fingerprint density at radius 2 is 1.04 bits per heavy atom. The lowest BCUT2D eigenvalue weighted by atomic mass is 9.88. The molecule has 2 heterocycles. The third kappa shape index (κ3) is 4.40. The van der Waals surface area contributed by atoms with Crippen LogP contribution < -0.4 is 0 Å². The molecule has 0 aliphatic heterocycles. The molecule has 2 nitrogen and oxygen atoms in total. The molecule has 2 aromatic heterocycles. The van der Waals surface area contributed by atoms with E-state index in [9.17, 15) is 9.59 Å². The number of carbonyl (C=O) groups excluding carboxylic acids is 2. The number of Topliss-reactive ketones (excluding diaryl/α,β-unsaturated/α-hetero) is 2. The quantitative estimate of drug-likeness (QED) is 0.221. The van der Waals surface area contributed by atoms with Crippen molar-refractivity contribution in [1.29, 1.82) is 0 Å². The molecule has 0 spiro atoms. The Morgan fingerprint density at radius 3 is 1.39 bits per heavy atom. The summed E-state index contributed by atoms with van der Waals surface area (Å²) in [4.78, 5) is 28.1. The van der Waals surface area contributed by atoms with Crippen molar-refractivity contribution in [2.24, 2.45) is 0 Å². The number of thiophene rings is 2. The van der Waals surface area contributed by atoms with Crippen LogP contribution in [0.3, 0.4) is 0 Å². The first kappa shape index (κ1) is 22.4. The minimum atomic E-state index is -0.310. The van der Waals surface area contributed by atoms with Gasteiger partial charge in [0.15, 0.2) is 0 Å². The van der Waals surface area contributed by atoms with Crippen LogP contribution in [-0.4, -0.2) is 11.6 Å². The zero-order chi connectivity index (χ0) is 20.3. The number of fused-ring (bicyclic) bond motifs is 3. The Hall–Kier alpha value is -0.300. The molecule has 1 aliphatic carbocycles. The Kier molecular flexibility index (Phi) is 8.11. The fourth-order valence-corrected chi connectivity index (χ4v) is 7.86. The number of unbranched alkanes of at least 4 members (excludes halogenated alkanes) is 6. The SMILES string of the molecule is CCCCCCc1c(Br)sc2c1C(=O)C(=O)c1c-2sc(Br)c1CCCCCC. The number of hydrogen-bond donors (Lipinski definition) is 0. The molecule has 6 heteroatoms. The van der Waals surface area contributed by atoms with Gasteiger partial charge in [-0.15, -0.1) is 22.7 Å². The number of ketones is 2. The average molecular weight is 546 g/mol. The van der Waals surface area contributed by atoms with Gasteiger partial charge >= 0.3 is 0 Å². The highest BCUT2D eigenvalue weighted by molar-refractivity contribution is 9.11. The van der Waals surface area contributed by atoms with Crippen molar-refractivity contribution in [2.45, 2.75) is 78.1 Å². The van der Waals surface area contributed by atoms with E-state index in [1.54, 1.807) is 22.7 Å². The predicted molar refractivity (Wildman–Crippen MR) is 127 cm³/mol. The second kappa shape index (κ2) is 10.1. The molecule has 0 amide bonds. The van der Waals surface area contributed by atoms with E-state index in [4.69, 9.17) is 0 Å². The van der Waals surface area contributed by atoms with Gasteiger partial charge in [-0.2, -0.15) is 0 Å². The lowest BCUT2D eigenvalue weighted by Gasteiger charge is -2.14. The largest absolute Gasteiger partial charge is 0.285 e. The zero-order valence-corrected chi connectivity index (χ0v) is 21.3. The summed E-state index contributed by atoms with van der Waals surface area (Å²) in [5, 5.41) is 0. The van der Waals surface area contributed by atoms with Crippen LogP contribution in [0.1, 0.15) is 97.1 Å². The van der Waals surface area contributed by atoms with Crippen molar-refractivity contribution in [2.75, 3.05) is 0 Å². The fourth-order valence-electron chi connectivity index (χ4n) is 3.81. The Balaban J connectivity index is 1.94. The van der Waals surface area contributed by atoms with Crippen molar-refractivity contribution in [3.05, 3.63) is 29.8 Å². The van der Waals surface area contributed by atoms with E-state index in [2.05, 4.69) is 45.7 Å². The van der Waals surface area contributed by atoms with Gasteiger partial charge in [0.2, 0.25) is 11.6 Å². The van der Waals surface area contributed by atoms with Crippen LogP contribution >= 0.6 is 54.5 Å². The maximum Gasteiger partial charge on any atom is 0.235 e. The van der Waals surface area contributed by atoms with Gasteiger partial charge < -0.3 is 0 Å². The minimum Gasteiger partial charge on any atom is -0.285 e. The van der Waals surface area contributed by atoms with E-state index in [-0.39, 0.29) is 11.6 Å². The van der Waals surface area contributed by atoms with Crippen LogP contribution in [-0.2, 0) is 12.8 Å². The van der Waals surface area contributed by atoms with Crippen LogP contribution in [0.5, 0.6) is 0 Å². The van der Waals surface area contributed by atoms with Crippen LogP contribution in [0.2, 0.25) is 0 Å². The molecule has 0 unspecified atom stereocenters. The van der Waals surface area contributed by atoms with Crippen molar-refractivity contribution in [1.82, 2.24) is 0 Å². The van der Waals surface area contributed by atoms with Gasteiger partial charge in [0, 0.05) is 11.1 Å². The van der Waals surface area contributed by atoms with Gasteiger partial charge in [0.05, 0.1) is 17.3 Å². The lowest BCUT2D eigenvalue weighted by Crippen LogP contribution is -2.21. The molecule has 0 aromatic carbocycles. The minimum absolute atomic E-state index is 0.310. The Morgan fingerprint density at radius 1 is 0.643 bits per heavy atom. The average Bonchev–Trinajstić information content (AvgIpc) is 3.18. The van der Waals surface area contributed by atoms with Crippen molar-refractivity contribution in [3.63, 3.8) is 0 Å². The lowest BCUT2D eigenvalue weighted by molar-refractivity contribution is 0.0815. The second-order valence-electron chi connectivity index (χ2n) is 7.40. The third-order valence-electron chi connectivity index (χ3n) is 5.34. The second-order valence-corrected chi connectivity index (χ2v) is 12.1. The molecule has 28 heavy (non-hydrogen) atoms. The number of carbonyl (C=O) groups is 2. The van der Waals surface area contributed by atoms with Gasteiger partial charge in [-0.25, -0.2) is 0 Å². The highest BCUT2D eigenvalue weighted by Crippen LogP contribution is 2.51. The molecule has 0 atom stereocenters. The Labute approximate surface area is 192 Å². The predicted octanol–water partition coefficient (Wildman–Crippen LogP) is 8.63. The molecular formula is C22H26Br2O2S2. The first-order chi connectivity index (χ1) is 13.5. The maximum absolute atomic E-state index is 13.1. The van der Waals surface area contributed by atoms with Crippen LogP contribution in [0, 0.1) is 0 Å². The molecule has 0 radical (unpaired) electrons. The van der Waals surface area contributed by atoms with Crippen LogP contribution in [0.4, 0.5) is 0 Å². The van der Waals surface area contributed by atoms with E-state index >= 15 is 0 Å². The fraction of sp³-hybridized carbons (Fsp3) is 0.545. The number of rotatable bonds is 10. The molecular weight excluding hydrogens is 520 g/mol. The molecule has 0 fully saturated rings. The monoisotopic (exact) mass is 544 g/mol. The third-order valence-corrected chi connectivity index (χ3v) is 9.48. The standard InChI is InChI=1S/C22H26Br2O2S2/c1-3-5-7-9-11-13-15-17(25)18(26)16-14(12-10-8-6-4-2)22(24)28-20(16)19(15)27-21(13)23/h3-12H2,1-2H3. The first-order valence-electron chi connectivity index (χ1n) is 10.2. The molecule has 2 aromatic rings. The summed E-state index contributed by atoms with van der Waals surface area (Å²) in [6.07, 6.45) is 10.9. The summed E-state index contributed by atoms with van der Waals surface area (Å²) in [6, 6.07) is 0. The van der Waals surface area contributed by atoms with Crippen LogP contribution in [0.15, 0.2) is 7.57 Å². The molecule has 0 saturated carbocycles. The van der Waals surface area contributed by atoms with Crippen LogP contribution in [0.25, 0.3) is 9.75 Å². The normalized spacial score (nSPS) is 13.1. The van der Waals surface area contributed by atoms with Crippen molar-refractivity contribution >= 4 is 66.1 Å². The number of halogens is 2. The van der Waals surface area contributed by atoms with E-state index in [1.165, 1.54) is 25.7 Å². The molecule has 152 valence electrons. The van der Waals surface area contributed by atoms with E-state index < -0.39 is 0 Å². The topological polar surface area (TPSA) is 34.1 Å². The molecule has 3 rings (SSSR count). The van der Waals surface area contributed by atoms with Gasteiger partial charge in [-0.05, 0) is 68.7 Å². The van der Waals surface area contributed by atoms with Gasteiger partial charge in [0.25, 0.3) is 0 Å². The zero-order valence-electron chi connectivity index (χ0n) is 16.5. The molecule has 0 saturated heterocycles. The maximum atomic E-state index is 13.1. The van der Waals surface area contributed by atoms with Gasteiger partial charge in [0.1, 0.15) is 0 Å². The summed E-state index contributed by atoms with van der Waals surface area (Å²) < 4.78 is 2.02. The van der Waals surface area contributed by atoms with E-state index in [0.717, 1.165) is 67.0 Å². The summed E-state index contributed by atoms with van der Waals surface area (Å²) in [6.45, 7) is 4.39. The van der Waals surface area contributed by atoms with Gasteiger partial charge in [-0.1, -0.05) is 52.4 Å². The summed E-state index contributed by atoms with van der Waals surface area (Å²) in [5.41, 5.74) is 3.40. The number of hydrogen-bond acceptors (Lipinski definition) is 4. The van der Waals surface area contributed by atoms with Crippen molar-refractivity contribution < 1.29 is 9.59 Å². The van der Waals surface area contributed by atoms with E-state index in [1.807, 2.05) is 0 Å². The van der Waals surface area contributed by atoms with Crippen molar-refractivity contribution in [3.8, 4) is 9.75 Å². The van der Waals surface area contributed by atoms with Gasteiger partial charge in [-0.3, -0.25) is 9.59 Å². The highest BCUT2D eigenvalue weighted by atomic mass is 79.9. The summed E-state index contributed by atoms with van der Waals surface area (Å²) >= 11 is 10.6. The van der Waals surface area contributed by atoms with E-state index in [0.29, 0.717) is 11.1 Å². The molecule has 0 bridgehead atoms. The molecule has 1 aliphatic rings. The molecule has 0 N–H and O–H groups in total. The smallest absolute Gasteiger partial charge is 0.235 e. The first-order valence-corrected chi connectivity index (χ1v) is 13.4. The summed E-state index contributed by atoms with van der Waals surface area (Å²) in [5.74, 6) is -0.620. The highest BCUT2D eigenvalue weighted by Gasteiger charge is 2.39.